The highest BCUT2D eigenvalue weighted by atomic mass is 35.5. The maximum absolute atomic E-state index is 12.4. The van der Waals surface area contributed by atoms with Crippen molar-refractivity contribution in [3.8, 4) is 0 Å². The van der Waals surface area contributed by atoms with Gasteiger partial charge in [0.05, 0.1) is 11.8 Å². The van der Waals surface area contributed by atoms with Gasteiger partial charge >= 0.3 is 0 Å². The van der Waals surface area contributed by atoms with Crippen molar-refractivity contribution in [3.05, 3.63) is 0 Å². The van der Waals surface area contributed by atoms with Crippen LogP contribution in [0.25, 0.3) is 0 Å². The van der Waals surface area contributed by atoms with Crippen LogP contribution in [0, 0.1) is 11.8 Å². The second-order valence-electron chi connectivity index (χ2n) is 12.6. The third kappa shape index (κ3) is 18.6. The predicted molar refractivity (Wildman–Crippen MR) is 175 cm³/mol. The number of likely N-dealkylation sites (tertiary alicyclic amines) is 1. The summed E-state index contributed by atoms with van der Waals surface area (Å²) in [7, 11) is 0. The minimum Gasteiger partial charge on any atom is -0.369 e. The Morgan fingerprint density at radius 2 is 0.900 bits per heavy atom. The van der Waals surface area contributed by atoms with Crippen LogP contribution < -0.4 is 11.5 Å². The standard InChI is InChI=1S/C34H67N3O2.ClH/c1-3-5-7-9-11-13-15-17-19-21-23-25-27-31-32(34(36)39)30(33(35)38)29-37(31)28-26-24-22-20-18-16-14-12-10-8-6-4-2;/h30-32H,3-29H2,1-2H3,(H2,35,38)(H2,36,39);1H. The van der Waals surface area contributed by atoms with Crippen LogP contribution in [0.1, 0.15) is 174 Å². The van der Waals surface area contributed by atoms with E-state index >= 15 is 0 Å². The van der Waals surface area contributed by atoms with Gasteiger partial charge in [0.2, 0.25) is 11.8 Å². The van der Waals surface area contributed by atoms with Crippen molar-refractivity contribution < 1.29 is 9.59 Å². The first-order valence-electron chi connectivity index (χ1n) is 17.4. The molecular weight excluding hydrogens is 518 g/mol. The number of nitrogens with two attached hydrogens (primary N) is 2. The topological polar surface area (TPSA) is 89.4 Å². The lowest BCUT2D eigenvalue weighted by Gasteiger charge is -2.27. The predicted octanol–water partition coefficient (Wildman–Crippen LogP) is 9.09. The van der Waals surface area contributed by atoms with E-state index in [4.69, 9.17) is 11.5 Å². The molecule has 1 heterocycles. The maximum Gasteiger partial charge on any atom is 0.222 e. The summed E-state index contributed by atoms with van der Waals surface area (Å²) in [5.41, 5.74) is 11.5. The number of carbonyl (C=O) groups is 2. The van der Waals surface area contributed by atoms with Gasteiger partial charge in [0.15, 0.2) is 0 Å². The number of carbonyl (C=O) groups excluding carboxylic acids is 2. The van der Waals surface area contributed by atoms with E-state index in [1.807, 2.05) is 0 Å². The van der Waals surface area contributed by atoms with E-state index in [0.717, 1.165) is 25.8 Å². The third-order valence-corrected chi connectivity index (χ3v) is 9.09. The molecule has 3 unspecified atom stereocenters. The van der Waals surface area contributed by atoms with Gasteiger partial charge in [-0.25, -0.2) is 0 Å². The van der Waals surface area contributed by atoms with Crippen LogP contribution in [0.4, 0.5) is 0 Å². The SMILES string of the molecule is CCCCCCCCCCCCCCC1C(C(N)=O)C(C(N)=O)CN1CCCCCCCCCCCCCC.Cl. The molecule has 4 N–H and O–H groups in total. The first kappa shape index (κ1) is 39.2. The molecule has 238 valence electrons. The van der Waals surface area contributed by atoms with Crippen molar-refractivity contribution in [1.29, 1.82) is 0 Å². The molecule has 1 fully saturated rings. The molecule has 0 spiro atoms. The zero-order chi connectivity index (χ0) is 28.6. The molecule has 1 aliphatic rings. The molecule has 0 saturated carbocycles. The van der Waals surface area contributed by atoms with E-state index in [9.17, 15) is 9.59 Å². The summed E-state index contributed by atoms with van der Waals surface area (Å²) in [6.45, 7) is 6.10. The van der Waals surface area contributed by atoms with Crippen molar-refractivity contribution in [2.75, 3.05) is 13.1 Å². The van der Waals surface area contributed by atoms with Crippen LogP contribution in [-0.2, 0) is 9.59 Å². The highest BCUT2D eigenvalue weighted by Gasteiger charge is 2.46. The van der Waals surface area contributed by atoms with Crippen molar-refractivity contribution >= 4 is 24.2 Å². The molecule has 2 amide bonds. The van der Waals surface area contributed by atoms with E-state index in [-0.39, 0.29) is 30.3 Å². The van der Waals surface area contributed by atoms with Crippen LogP contribution in [-0.4, -0.2) is 35.8 Å². The normalized spacial score (nSPS) is 19.1. The van der Waals surface area contributed by atoms with Gasteiger partial charge in [-0.15, -0.1) is 12.4 Å². The number of primary amides is 2. The van der Waals surface area contributed by atoms with E-state index in [0.29, 0.717) is 6.54 Å². The van der Waals surface area contributed by atoms with E-state index in [1.165, 1.54) is 141 Å². The molecular formula is C34H68ClN3O2. The Morgan fingerprint density at radius 1 is 0.550 bits per heavy atom. The molecule has 1 rings (SSSR count). The van der Waals surface area contributed by atoms with Crippen molar-refractivity contribution in [1.82, 2.24) is 4.90 Å². The number of halogens is 1. The highest BCUT2D eigenvalue weighted by Crippen LogP contribution is 2.33. The van der Waals surface area contributed by atoms with Gasteiger partial charge in [-0.1, -0.05) is 162 Å². The Balaban J connectivity index is 0.0000152. The lowest BCUT2D eigenvalue weighted by molar-refractivity contribution is -0.130. The van der Waals surface area contributed by atoms with Crippen molar-refractivity contribution in [2.45, 2.75) is 180 Å². The number of amides is 2. The van der Waals surface area contributed by atoms with Crippen LogP contribution in [0.3, 0.4) is 0 Å². The van der Waals surface area contributed by atoms with Gasteiger partial charge in [-0.2, -0.15) is 0 Å². The second-order valence-corrected chi connectivity index (χ2v) is 12.6. The second kappa shape index (κ2) is 27.0. The van der Waals surface area contributed by atoms with E-state index in [2.05, 4.69) is 18.7 Å². The lowest BCUT2D eigenvalue weighted by atomic mass is 9.86. The Labute approximate surface area is 255 Å². The van der Waals surface area contributed by atoms with Crippen LogP contribution in [0.15, 0.2) is 0 Å². The minimum absolute atomic E-state index is 0. The molecule has 6 heteroatoms. The molecule has 0 bridgehead atoms. The first-order chi connectivity index (χ1) is 19.0. The quantitative estimate of drug-likeness (QED) is 0.0897. The molecule has 0 aromatic carbocycles. The summed E-state index contributed by atoms with van der Waals surface area (Å²) >= 11 is 0. The average molecular weight is 586 g/mol. The van der Waals surface area contributed by atoms with Gasteiger partial charge in [0.25, 0.3) is 0 Å². The van der Waals surface area contributed by atoms with Crippen LogP contribution >= 0.6 is 12.4 Å². The number of unbranched alkanes of at least 4 members (excludes halogenated alkanes) is 22. The molecule has 1 saturated heterocycles. The zero-order valence-corrected chi connectivity index (χ0v) is 27.5. The van der Waals surface area contributed by atoms with Gasteiger partial charge in [0, 0.05) is 12.6 Å². The molecule has 0 aliphatic carbocycles. The summed E-state index contributed by atoms with van der Waals surface area (Å²) in [5.74, 6) is -1.56. The fourth-order valence-corrected chi connectivity index (χ4v) is 6.62. The van der Waals surface area contributed by atoms with Crippen molar-refractivity contribution in [3.63, 3.8) is 0 Å². The Kier molecular flexibility index (Phi) is 26.5. The lowest BCUT2D eigenvalue weighted by Crippen LogP contribution is -2.41. The van der Waals surface area contributed by atoms with Crippen LogP contribution in [0.5, 0.6) is 0 Å². The molecule has 0 aromatic rings. The molecule has 0 radical (unpaired) electrons. The molecule has 1 aliphatic heterocycles. The monoisotopic (exact) mass is 586 g/mol. The number of hydrogen-bond donors (Lipinski definition) is 2. The third-order valence-electron chi connectivity index (χ3n) is 9.09. The maximum atomic E-state index is 12.4. The smallest absolute Gasteiger partial charge is 0.222 e. The summed E-state index contributed by atoms with van der Waals surface area (Å²) in [5, 5.41) is 0. The van der Waals surface area contributed by atoms with Crippen LogP contribution in [0.2, 0.25) is 0 Å². The fraction of sp³-hybridized carbons (Fsp3) is 0.941. The first-order valence-corrected chi connectivity index (χ1v) is 17.4. The number of rotatable bonds is 28. The van der Waals surface area contributed by atoms with Gasteiger partial charge in [-0.05, 0) is 19.4 Å². The van der Waals surface area contributed by atoms with Gasteiger partial charge < -0.3 is 11.5 Å². The van der Waals surface area contributed by atoms with Gasteiger partial charge in [0.1, 0.15) is 0 Å². The van der Waals surface area contributed by atoms with Gasteiger partial charge in [-0.3, -0.25) is 14.5 Å². The summed E-state index contributed by atoms with van der Waals surface area (Å²) in [4.78, 5) is 26.9. The van der Waals surface area contributed by atoms with Crippen molar-refractivity contribution in [2.24, 2.45) is 23.3 Å². The Morgan fingerprint density at radius 3 is 1.25 bits per heavy atom. The largest absolute Gasteiger partial charge is 0.369 e. The highest BCUT2D eigenvalue weighted by molar-refractivity contribution is 5.87. The Hall–Kier alpha value is -0.810. The van der Waals surface area contributed by atoms with E-state index in [1.54, 1.807) is 0 Å². The van der Waals surface area contributed by atoms with E-state index < -0.39 is 11.8 Å². The minimum atomic E-state index is -0.429. The zero-order valence-electron chi connectivity index (χ0n) is 26.7. The summed E-state index contributed by atoms with van der Waals surface area (Å²) < 4.78 is 0. The Bertz CT molecular complexity index is 604. The average Bonchev–Trinajstić information content (AvgIpc) is 3.29. The fourth-order valence-electron chi connectivity index (χ4n) is 6.62. The number of nitrogens with zero attached hydrogens (tertiary/aromatic N) is 1. The summed E-state index contributed by atoms with van der Waals surface area (Å²) in [6, 6.07) is 0.0795. The number of hydrogen-bond acceptors (Lipinski definition) is 3. The molecule has 5 nitrogen and oxygen atoms in total. The molecule has 0 aromatic heterocycles. The summed E-state index contributed by atoms with van der Waals surface area (Å²) in [6.07, 6.45) is 32.8. The molecule has 3 atom stereocenters. The molecule has 40 heavy (non-hydrogen) atoms.